The largest absolute Gasteiger partial charge is 0.459 e. The Balaban J connectivity index is 2.63. The van der Waals surface area contributed by atoms with Crippen LogP contribution < -0.4 is 0 Å². The summed E-state index contributed by atoms with van der Waals surface area (Å²) in [7, 11) is 0. The third kappa shape index (κ3) is 3.10. The molecule has 0 N–H and O–H groups in total. The zero-order valence-electron chi connectivity index (χ0n) is 11.1. The number of rotatable bonds is 3. The number of hydrogen-bond donors (Lipinski definition) is 0. The Morgan fingerprint density at radius 1 is 1.44 bits per heavy atom. The fourth-order valence-electron chi connectivity index (χ4n) is 1.81. The van der Waals surface area contributed by atoms with Gasteiger partial charge >= 0.3 is 5.97 Å². The summed E-state index contributed by atoms with van der Waals surface area (Å²) in [5, 5.41) is 0. The molecule has 0 heterocycles. The molecular weight excluding hydrogens is 200 g/mol. The molecule has 1 fully saturated rings. The van der Waals surface area contributed by atoms with Crippen LogP contribution in [-0.2, 0) is 9.53 Å². The summed E-state index contributed by atoms with van der Waals surface area (Å²) in [5.41, 5.74) is 0.627. The summed E-state index contributed by atoms with van der Waals surface area (Å²) in [6.07, 6.45) is 4.52. The van der Waals surface area contributed by atoms with Crippen LogP contribution in [0.5, 0.6) is 0 Å². The van der Waals surface area contributed by atoms with Crippen LogP contribution in [0.3, 0.4) is 0 Å². The van der Waals surface area contributed by atoms with Crippen molar-refractivity contribution in [1.82, 2.24) is 0 Å². The highest BCUT2D eigenvalue weighted by molar-refractivity contribution is 5.77. The van der Waals surface area contributed by atoms with Gasteiger partial charge in [-0.05, 0) is 52.9 Å². The van der Waals surface area contributed by atoms with Crippen molar-refractivity contribution in [2.45, 2.75) is 65.4 Å². The maximum absolute atomic E-state index is 12.1. The second-order valence-corrected chi connectivity index (χ2v) is 5.81. The van der Waals surface area contributed by atoms with Crippen molar-refractivity contribution < 1.29 is 9.53 Å². The highest BCUT2D eigenvalue weighted by atomic mass is 16.6. The van der Waals surface area contributed by atoms with Crippen molar-refractivity contribution in [2.75, 3.05) is 0 Å². The van der Waals surface area contributed by atoms with Gasteiger partial charge in [-0.15, -0.1) is 0 Å². The first kappa shape index (κ1) is 13.3. The number of hydrogen-bond acceptors (Lipinski definition) is 2. The van der Waals surface area contributed by atoms with Crippen LogP contribution in [0.4, 0.5) is 0 Å². The zero-order valence-corrected chi connectivity index (χ0v) is 11.1. The zero-order chi connectivity index (χ0) is 12.4. The first-order valence-electron chi connectivity index (χ1n) is 6.19. The lowest BCUT2D eigenvalue weighted by Crippen LogP contribution is -2.38. The molecule has 0 bridgehead atoms. The highest BCUT2D eigenvalue weighted by Crippen LogP contribution is 2.39. The number of ether oxygens (including phenoxy) is 1. The van der Waals surface area contributed by atoms with Crippen LogP contribution in [0.2, 0.25) is 0 Å². The van der Waals surface area contributed by atoms with Gasteiger partial charge in [0, 0.05) is 0 Å². The Kier molecular flexibility index (Phi) is 3.82. The molecular formula is C14H24O2. The van der Waals surface area contributed by atoms with E-state index in [-0.39, 0.29) is 17.0 Å². The molecule has 0 aliphatic heterocycles. The van der Waals surface area contributed by atoms with E-state index < -0.39 is 0 Å². The third-order valence-corrected chi connectivity index (χ3v) is 3.77. The number of carbonyl (C=O) groups is 1. The Labute approximate surface area is 99.1 Å². The molecule has 1 aliphatic rings. The standard InChI is InChI=1S/C14H24O2/c1-6-13(3,4)16-12(15)14(5)9-7-11(2)8-10-14/h2,6-10H2,1,3-5H3. The minimum absolute atomic E-state index is 0.0353. The normalized spacial score (nSPS) is 20.6. The van der Waals surface area contributed by atoms with Crippen molar-refractivity contribution >= 4 is 5.97 Å². The van der Waals surface area contributed by atoms with Crippen molar-refractivity contribution in [3.63, 3.8) is 0 Å². The maximum atomic E-state index is 12.1. The van der Waals surface area contributed by atoms with E-state index in [1.165, 1.54) is 5.57 Å². The summed E-state index contributed by atoms with van der Waals surface area (Å²) < 4.78 is 5.60. The molecule has 0 amide bonds. The molecule has 1 saturated carbocycles. The average Bonchev–Trinajstić information content (AvgIpc) is 2.22. The monoisotopic (exact) mass is 224 g/mol. The molecule has 0 spiro atoms. The van der Waals surface area contributed by atoms with Gasteiger partial charge in [-0.25, -0.2) is 0 Å². The van der Waals surface area contributed by atoms with E-state index in [0.29, 0.717) is 0 Å². The lowest BCUT2D eigenvalue weighted by molar-refractivity contribution is -0.170. The maximum Gasteiger partial charge on any atom is 0.312 e. The van der Waals surface area contributed by atoms with Crippen LogP contribution in [-0.4, -0.2) is 11.6 Å². The quantitative estimate of drug-likeness (QED) is 0.537. The van der Waals surface area contributed by atoms with Crippen molar-refractivity contribution in [3.05, 3.63) is 12.2 Å². The van der Waals surface area contributed by atoms with Crippen LogP contribution in [0.15, 0.2) is 12.2 Å². The van der Waals surface area contributed by atoms with E-state index >= 15 is 0 Å². The van der Waals surface area contributed by atoms with Crippen molar-refractivity contribution in [3.8, 4) is 0 Å². The fraction of sp³-hybridized carbons (Fsp3) is 0.786. The molecule has 2 heteroatoms. The summed E-state index contributed by atoms with van der Waals surface area (Å²) >= 11 is 0. The highest BCUT2D eigenvalue weighted by Gasteiger charge is 2.39. The molecule has 0 unspecified atom stereocenters. The second kappa shape index (κ2) is 4.60. The molecule has 0 atom stereocenters. The Bertz CT molecular complexity index is 279. The first-order chi connectivity index (χ1) is 7.29. The second-order valence-electron chi connectivity index (χ2n) is 5.81. The first-order valence-corrected chi connectivity index (χ1v) is 6.19. The van der Waals surface area contributed by atoms with Crippen LogP contribution in [0.1, 0.15) is 59.8 Å². The van der Waals surface area contributed by atoms with Gasteiger partial charge < -0.3 is 4.74 Å². The average molecular weight is 224 g/mol. The predicted octanol–water partition coefficient (Wildman–Crippen LogP) is 3.85. The summed E-state index contributed by atoms with van der Waals surface area (Å²) in [5.74, 6) is -0.0353. The van der Waals surface area contributed by atoms with Gasteiger partial charge in [0.25, 0.3) is 0 Å². The minimum atomic E-state index is -0.339. The molecule has 1 aliphatic carbocycles. The van der Waals surface area contributed by atoms with Gasteiger partial charge in [-0.1, -0.05) is 19.1 Å². The minimum Gasteiger partial charge on any atom is -0.459 e. The predicted molar refractivity (Wildman–Crippen MR) is 66.2 cm³/mol. The van der Waals surface area contributed by atoms with E-state index in [1.54, 1.807) is 0 Å². The van der Waals surface area contributed by atoms with Gasteiger partial charge in [0.15, 0.2) is 0 Å². The van der Waals surface area contributed by atoms with Gasteiger partial charge in [0.1, 0.15) is 5.60 Å². The van der Waals surface area contributed by atoms with E-state index in [4.69, 9.17) is 4.74 Å². The van der Waals surface area contributed by atoms with E-state index in [9.17, 15) is 4.79 Å². The Morgan fingerprint density at radius 2 is 1.94 bits per heavy atom. The summed E-state index contributed by atoms with van der Waals surface area (Å²) in [6.45, 7) is 12.0. The molecule has 0 aromatic carbocycles. The smallest absolute Gasteiger partial charge is 0.312 e. The Hall–Kier alpha value is -0.790. The van der Waals surface area contributed by atoms with E-state index in [2.05, 4.69) is 6.58 Å². The van der Waals surface area contributed by atoms with Crippen LogP contribution >= 0.6 is 0 Å². The van der Waals surface area contributed by atoms with Gasteiger partial charge in [-0.3, -0.25) is 4.79 Å². The lowest BCUT2D eigenvalue weighted by Gasteiger charge is -2.35. The number of allylic oxidation sites excluding steroid dienone is 1. The molecule has 0 radical (unpaired) electrons. The topological polar surface area (TPSA) is 26.3 Å². The Morgan fingerprint density at radius 3 is 2.38 bits per heavy atom. The van der Waals surface area contributed by atoms with Gasteiger partial charge in [-0.2, -0.15) is 0 Å². The molecule has 0 saturated heterocycles. The SMILES string of the molecule is C=C1CCC(C)(C(=O)OC(C)(C)CC)CC1. The van der Waals surface area contributed by atoms with E-state index in [0.717, 1.165) is 32.1 Å². The van der Waals surface area contributed by atoms with Crippen LogP contribution in [0.25, 0.3) is 0 Å². The van der Waals surface area contributed by atoms with Crippen molar-refractivity contribution in [2.24, 2.45) is 5.41 Å². The van der Waals surface area contributed by atoms with Gasteiger partial charge in [0.05, 0.1) is 5.41 Å². The van der Waals surface area contributed by atoms with Gasteiger partial charge in [0.2, 0.25) is 0 Å². The number of esters is 1. The molecule has 1 rings (SSSR count). The van der Waals surface area contributed by atoms with E-state index in [1.807, 2.05) is 27.7 Å². The van der Waals surface area contributed by atoms with Crippen molar-refractivity contribution in [1.29, 1.82) is 0 Å². The fourth-order valence-corrected chi connectivity index (χ4v) is 1.81. The van der Waals surface area contributed by atoms with Crippen LogP contribution in [0, 0.1) is 5.41 Å². The number of carbonyl (C=O) groups excluding carboxylic acids is 1. The molecule has 16 heavy (non-hydrogen) atoms. The summed E-state index contributed by atoms with van der Waals surface area (Å²) in [4.78, 5) is 12.1. The lowest BCUT2D eigenvalue weighted by atomic mass is 9.74. The molecule has 2 nitrogen and oxygen atoms in total. The molecule has 92 valence electrons. The molecule has 0 aromatic rings. The summed E-state index contributed by atoms with van der Waals surface area (Å²) in [6, 6.07) is 0. The molecule has 0 aromatic heterocycles. The third-order valence-electron chi connectivity index (χ3n) is 3.77.